The first-order chi connectivity index (χ1) is 5.06. The van der Waals surface area contributed by atoms with E-state index in [2.05, 4.69) is 0 Å². The number of nitrogens with zero attached hydrogens (tertiary/aromatic N) is 1. The van der Waals surface area contributed by atoms with Gasteiger partial charge < -0.3 is 10.0 Å². The van der Waals surface area contributed by atoms with Crippen LogP contribution in [0.1, 0.15) is 0 Å². The van der Waals surface area contributed by atoms with Crippen LogP contribution in [-0.2, 0) is 9.84 Å². The minimum Gasteiger partial charge on any atom is -0.395 e. The summed E-state index contributed by atoms with van der Waals surface area (Å²) in [6.07, 6.45) is 0. The minimum absolute atomic E-state index is 0.0918. The highest BCUT2D eigenvalue weighted by molar-refractivity contribution is 7.92. The first kappa shape index (κ1) is 8.96. The smallest absolute Gasteiger partial charge is 0.157 e. The molecule has 0 saturated carbocycles. The fourth-order valence-corrected chi connectivity index (χ4v) is 2.71. The molecule has 1 rings (SSSR count). The molecule has 0 aromatic heterocycles. The molecule has 4 nitrogen and oxygen atoms in total. The zero-order valence-corrected chi connectivity index (χ0v) is 7.34. The molecule has 0 aromatic rings. The molecule has 0 bridgehead atoms. The summed E-state index contributed by atoms with van der Waals surface area (Å²) in [5.41, 5.74) is 0. The normalized spacial score (nSPS) is 21.6. The van der Waals surface area contributed by atoms with Gasteiger partial charge in [-0.15, -0.1) is 0 Å². The van der Waals surface area contributed by atoms with E-state index in [0.29, 0.717) is 13.1 Å². The lowest BCUT2D eigenvalue weighted by atomic mass is 10.2. The molecule has 0 spiro atoms. The molecule has 0 aromatic carbocycles. The summed E-state index contributed by atoms with van der Waals surface area (Å²) < 4.78 is 22.3. The lowest BCUT2D eigenvalue weighted by Crippen LogP contribution is -2.53. The second kappa shape index (κ2) is 3.08. The van der Waals surface area contributed by atoms with Crippen LogP contribution in [-0.4, -0.2) is 56.2 Å². The summed E-state index contributed by atoms with van der Waals surface area (Å²) in [6.45, 7) is 0.965. The lowest BCUT2D eigenvalue weighted by Gasteiger charge is -2.35. The SMILES string of the molecule is CN1CC(S(=O)(=O)CCO)C1. The molecule has 0 radical (unpaired) electrons. The van der Waals surface area contributed by atoms with Crippen molar-refractivity contribution in [2.45, 2.75) is 5.25 Å². The summed E-state index contributed by atoms with van der Waals surface area (Å²) in [4.78, 5) is 1.94. The van der Waals surface area contributed by atoms with Gasteiger partial charge in [0.15, 0.2) is 9.84 Å². The summed E-state index contributed by atoms with van der Waals surface area (Å²) in [5.74, 6) is -0.0918. The summed E-state index contributed by atoms with van der Waals surface area (Å²) in [6, 6.07) is 0. The maximum absolute atomic E-state index is 11.2. The Balaban J connectivity index is 2.47. The van der Waals surface area contributed by atoms with Crippen LogP contribution in [0.15, 0.2) is 0 Å². The van der Waals surface area contributed by atoms with Gasteiger partial charge >= 0.3 is 0 Å². The van der Waals surface area contributed by atoms with E-state index in [1.165, 1.54) is 0 Å². The average Bonchev–Trinajstić information content (AvgIpc) is 1.81. The van der Waals surface area contributed by atoms with Crippen molar-refractivity contribution in [2.24, 2.45) is 0 Å². The Morgan fingerprint density at radius 1 is 1.55 bits per heavy atom. The molecule has 0 amide bonds. The van der Waals surface area contributed by atoms with E-state index < -0.39 is 9.84 Å². The number of hydrogen-bond donors (Lipinski definition) is 1. The Labute approximate surface area is 66.7 Å². The van der Waals surface area contributed by atoms with E-state index in [9.17, 15) is 8.42 Å². The zero-order valence-electron chi connectivity index (χ0n) is 6.52. The van der Waals surface area contributed by atoms with Crippen LogP contribution in [0.25, 0.3) is 0 Å². The monoisotopic (exact) mass is 179 g/mol. The summed E-state index contributed by atoms with van der Waals surface area (Å²) in [5, 5.41) is 8.21. The van der Waals surface area contributed by atoms with E-state index in [1.54, 1.807) is 0 Å². The van der Waals surface area contributed by atoms with Gasteiger partial charge in [0.2, 0.25) is 0 Å². The van der Waals surface area contributed by atoms with Crippen molar-refractivity contribution >= 4 is 9.84 Å². The number of sulfone groups is 1. The van der Waals surface area contributed by atoms with Crippen molar-refractivity contribution in [1.82, 2.24) is 4.90 Å². The lowest BCUT2D eigenvalue weighted by molar-refractivity contribution is 0.230. The molecular formula is C6H13NO3S. The van der Waals surface area contributed by atoms with Crippen LogP contribution in [0.4, 0.5) is 0 Å². The Morgan fingerprint density at radius 3 is 2.45 bits per heavy atom. The van der Waals surface area contributed by atoms with E-state index in [-0.39, 0.29) is 17.6 Å². The average molecular weight is 179 g/mol. The third-order valence-electron chi connectivity index (χ3n) is 1.91. The predicted molar refractivity (Wildman–Crippen MR) is 42.2 cm³/mol. The Morgan fingerprint density at radius 2 is 2.09 bits per heavy atom. The van der Waals surface area contributed by atoms with Gasteiger partial charge in [-0.2, -0.15) is 0 Å². The van der Waals surface area contributed by atoms with Crippen LogP contribution in [0, 0.1) is 0 Å². The molecule has 1 saturated heterocycles. The Bertz CT molecular complexity index is 218. The fraction of sp³-hybridized carbons (Fsp3) is 1.00. The van der Waals surface area contributed by atoms with Gasteiger partial charge in [-0.1, -0.05) is 0 Å². The molecule has 1 heterocycles. The van der Waals surface area contributed by atoms with Gasteiger partial charge in [0.1, 0.15) is 0 Å². The van der Waals surface area contributed by atoms with Gasteiger partial charge in [0, 0.05) is 13.1 Å². The molecule has 1 aliphatic rings. The first-order valence-corrected chi connectivity index (χ1v) is 5.29. The number of aliphatic hydroxyl groups is 1. The second-order valence-corrected chi connectivity index (χ2v) is 5.33. The minimum atomic E-state index is -3.00. The fourth-order valence-electron chi connectivity index (χ4n) is 1.16. The number of rotatable bonds is 3. The van der Waals surface area contributed by atoms with Crippen molar-refractivity contribution in [3.63, 3.8) is 0 Å². The van der Waals surface area contributed by atoms with Gasteiger partial charge in [-0.25, -0.2) is 8.42 Å². The van der Waals surface area contributed by atoms with Crippen molar-refractivity contribution in [2.75, 3.05) is 32.5 Å². The van der Waals surface area contributed by atoms with Gasteiger partial charge in [-0.3, -0.25) is 0 Å². The predicted octanol–water partition coefficient (Wildman–Crippen LogP) is -1.29. The number of likely N-dealkylation sites (tertiary alicyclic amines) is 1. The van der Waals surface area contributed by atoms with E-state index in [0.717, 1.165) is 0 Å². The van der Waals surface area contributed by atoms with Crippen molar-refractivity contribution in [1.29, 1.82) is 0 Å². The topological polar surface area (TPSA) is 57.6 Å². The Hall–Kier alpha value is -0.130. The van der Waals surface area contributed by atoms with Crippen LogP contribution in [0.3, 0.4) is 0 Å². The first-order valence-electron chi connectivity index (χ1n) is 3.57. The van der Waals surface area contributed by atoms with E-state index in [1.807, 2.05) is 11.9 Å². The number of hydrogen-bond acceptors (Lipinski definition) is 4. The molecule has 0 unspecified atom stereocenters. The van der Waals surface area contributed by atoms with Crippen LogP contribution in [0.5, 0.6) is 0 Å². The number of aliphatic hydroxyl groups excluding tert-OH is 1. The molecule has 11 heavy (non-hydrogen) atoms. The van der Waals surface area contributed by atoms with Gasteiger partial charge in [-0.05, 0) is 7.05 Å². The van der Waals surface area contributed by atoms with E-state index in [4.69, 9.17) is 5.11 Å². The molecule has 5 heteroatoms. The molecule has 66 valence electrons. The van der Waals surface area contributed by atoms with Gasteiger partial charge in [0.25, 0.3) is 0 Å². The highest BCUT2D eigenvalue weighted by atomic mass is 32.2. The van der Waals surface area contributed by atoms with Gasteiger partial charge in [0.05, 0.1) is 17.6 Å². The molecule has 1 N–H and O–H groups in total. The van der Waals surface area contributed by atoms with Crippen LogP contribution >= 0.6 is 0 Å². The van der Waals surface area contributed by atoms with Crippen molar-refractivity contribution in [3.05, 3.63) is 0 Å². The highest BCUT2D eigenvalue weighted by Crippen LogP contribution is 2.14. The third-order valence-corrected chi connectivity index (χ3v) is 3.98. The summed E-state index contributed by atoms with van der Waals surface area (Å²) >= 11 is 0. The highest BCUT2D eigenvalue weighted by Gasteiger charge is 2.34. The largest absolute Gasteiger partial charge is 0.395 e. The van der Waals surface area contributed by atoms with Crippen LogP contribution in [0.2, 0.25) is 0 Å². The van der Waals surface area contributed by atoms with Crippen LogP contribution < -0.4 is 0 Å². The third kappa shape index (κ3) is 1.91. The maximum Gasteiger partial charge on any atom is 0.157 e. The quantitative estimate of drug-likeness (QED) is 0.585. The van der Waals surface area contributed by atoms with E-state index >= 15 is 0 Å². The van der Waals surface area contributed by atoms with Crippen molar-refractivity contribution in [3.8, 4) is 0 Å². The molecule has 1 fully saturated rings. The molecular weight excluding hydrogens is 166 g/mol. The molecule has 1 aliphatic heterocycles. The summed E-state index contributed by atoms with van der Waals surface area (Å²) in [7, 11) is -1.12. The molecule has 0 atom stereocenters. The zero-order chi connectivity index (χ0) is 8.48. The maximum atomic E-state index is 11.2. The molecule has 0 aliphatic carbocycles. The van der Waals surface area contributed by atoms with Crippen molar-refractivity contribution < 1.29 is 13.5 Å². The second-order valence-electron chi connectivity index (χ2n) is 2.93. The standard InChI is InChI=1S/C6H13NO3S/c1-7-4-6(5-7)11(9,10)3-2-8/h6,8H,2-5H2,1H3. The Kier molecular flexibility index (Phi) is 2.51.